The highest BCUT2D eigenvalue weighted by atomic mass is 35.5. The van der Waals surface area contributed by atoms with Crippen LogP contribution in [0.15, 0.2) is 48.8 Å². The molecule has 100 valence electrons. The zero-order valence-corrected chi connectivity index (χ0v) is 11.7. The topological polar surface area (TPSA) is 46.4 Å². The molecule has 20 heavy (non-hydrogen) atoms. The first-order valence-corrected chi connectivity index (χ1v) is 6.59. The number of amides is 1. The fraction of sp³-hybridized carbons (Fsp3) is 0. The minimum Gasteiger partial charge on any atom is -0.322 e. The maximum atomic E-state index is 12.2. The summed E-state index contributed by atoms with van der Waals surface area (Å²) in [7, 11) is 0. The van der Waals surface area contributed by atoms with Crippen molar-refractivity contribution in [3.05, 3.63) is 64.4 Å². The number of hydrogen-bond donors (Lipinski definition) is 1. The number of rotatable bonds is 2. The van der Waals surface area contributed by atoms with Crippen molar-refractivity contribution in [1.29, 1.82) is 0 Å². The lowest BCUT2D eigenvalue weighted by Gasteiger charge is -2.07. The Morgan fingerprint density at radius 2 is 2.00 bits per heavy atom. The van der Waals surface area contributed by atoms with E-state index >= 15 is 0 Å². The van der Waals surface area contributed by atoms with Gasteiger partial charge in [-0.25, -0.2) is 4.52 Å². The molecule has 0 aliphatic rings. The van der Waals surface area contributed by atoms with Crippen LogP contribution in [0.25, 0.3) is 5.52 Å². The van der Waals surface area contributed by atoms with E-state index in [1.807, 2.05) is 12.1 Å². The third-order valence-electron chi connectivity index (χ3n) is 2.83. The molecule has 0 unspecified atom stereocenters. The van der Waals surface area contributed by atoms with Crippen molar-refractivity contribution in [2.75, 3.05) is 5.32 Å². The molecule has 1 amide bonds. The summed E-state index contributed by atoms with van der Waals surface area (Å²) in [4.78, 5) is 12.2. The second-order valence-corrected chi connectivity index (χ2v) is 5.04. The number of benzene rings is 1. The van der Waals surface area contributed by atoms with Gasteiger partial charge in [-0.05, 0) is 36.4 Å². The number of carbonyl (C=O) groups excluding carboxylic acids is 1. The van der Waals surface area contributed by atoms with Crippen LogP contribution in [-0.2, 0) is 0 Å². The highest BCUT2D eigenvalue weighted by molar-refractivity contribution is 6.36. The Morgan fingerprint density at radius 1 is 1.15 bits per heavy atom. The standard InChI is InChI=1S/C14H9Cl2N3O/c15-9-1-2-13(16)12(7-9)14(20)18-10-4-6-19-11(8-10)3-5-17-19/h1-8H,(H,18,20). The van der Waals surface area contributed by atoms with E-state index in [-0.39, 0.29) is 5.91 Å². The van der Waals surface area contributed by atoms with Gasteiger partial charge in [-0.3, -0.25) is 4.79 Å². The van der Waals surface area contributed by atoms with Crippen molar-refractivity contribution in [3.63, 3.8) is 0 Å². The molecule has 0 atom stereocenters. The van der Waals surface area contributed by atoms with Gasteiger partial charge in [-0.1, -0.05) is 23.2 Å². The molecule has 0 fully saturated rings. The first kappa shape index (κ1) is 13.0. The monoisotopic (exact) mass is 305 g/mol. The second kappa shape index (κ2) is 5.15. The third kappa shape index (κ3) is 2.48. The molecule has 0 spiro atoms. The number of carbonyl (C=O) groups is 1. The number of fused-ring (bicyclic) bond motifs is 1. The minimum atomic E-state index is -0.304. The van der Waals surface area contributed by atoms with Gasteiger partial charge in [-0.2, -0.15) is 5.10 Å². The van der Waals surface area contributed by atoms with Gasteiger partial charge in [0, 0.05) is 23.1 Å². The average Bonchev–Trinajstić information content (AvgIpc) is 2.89. The number of halogens is 2. The van der Waals surface area contributed by atoms with Gasteiger partial charge in [0.15, 0.2) is 0 Å². The molecule has 0 bridgehead atoms. The molecular formula is C14H9Cl2N3O. The number of nitrogens with one attached hydrogen (secondary N) is 1. The number of nitrogens with zero attached hydrogens (tertiary/aromatic N) is 2. The van der Waals surface area contributed by atoms with E-state index < -0.39 is 0 Å². The van der Waals surface area contributed by atoms with Gasteiger partial charge in [0.05, 0.1) is 16.1 Å². The van der Waals surface area contributed by atoms with E-state index in [2.05, 4.69) is 10.4 Å². The van der Waals surface area contributed by atoms with Crippen LogP contribution in [0, 0.1) is 0 Å². The molecule has 6 heteroatoms. The van der Waals surface area contributed by atoms with Gasteiger partial charge in [0.2, 0.25) is 0 Å². The quantitative estimate of drug-likeness (QED) is 0.780. The Balaban J connectivity index is 1.89. The maximum absolute atomic E-state index is 12.2. The lowest BCUT2D eigenvalue weighted by atomic mass is 10.2. The van der Waals surface area contributed by atoms with Crippen LogP contribution < -0.4 is 5.32 Å². The van der Waals surface area contributed by atoms with Gasteiger partial charge < -0.3 is 5.32 Å². The molecule has 0 radical (unpaired) electrons. The summed E-state index contributed by atoms with van der Waals surface area (Å²) in [6.45, 7) is 0. The summed E-state index contributed by atoms with van der Waals surface area (Å²) in [5.74, 6) is -0.304. The van der Waals surface area contributed by atoms with Crippen LogP contribution >= 0.6 is 23.2 Å². The maximum Gasteiger partial charge on any atom is 0.257 e. The number of pyridine rings is 1. The molecule has 3 rings (SSSR count). The van der Waals surface area contributed by atoms with Crippen molar-refractivity contribution in [3.8, 4) is 0 Å². The first-order valence-electron chi connectivity index (χ1n) is 5.83. The number of anilines is 1. The largest absolute Gasteiger partial charge is 0.322 e. The molecule has 2 heterocycles. The van der Waals surface area contributed by atoms with E-state index in [0.29, 0.717) is 21.3 Å². The summed E-state index contributed by atoms with van der Waals surface area (Å²) < 4.78 is 1.71. The average molecular weight is 306 g/mol. The summed E-state index contributed by atoms with van der Waals surface area (Å²) >= 11 is 11.9. The van der Waals surface area contributed by atoms with Crippen LogP contribution in [-0.4, -0.2) is 15.5 Å². The minimum absolute atomic E-state index is 0.304. The summed E-state index contributed by atoms with van der Waals surface area (Å²) in [6.07, 6.45) is 3.46. The zero-order chi connectivity index (χ0) is 14.1. The molecule has 0 saturated carbocycles. The zero-order valence-electron chi connectivity index (χ0n) is 10.2. The lowest BCUT2D eigenvalue weighted by Crippen LogP contribution is -2.12. The number of hydrogen-bond acceptors (Lipinski definition) is 2. The Bertz CT molecular complexity index is 798. The molecule has 1 aromatic carbocycles. The van der Waals surface area contributed by atoms with Crippen LogP contribution in [0.4, 0.5) is 5.69 Å². The Hall–Kier alpha value is -2.04. The predicted molar refractivity (Wildman–Crippen MR) is 79.6 cm³/mol. The van der Waals surface area contributed by atoms with E-state index in [9.17, 15) is 4.79 Å². The molecular weight excluding hydrogens is 297 g/mol. The Morgan fingerprint density at radius 3 is 2.85 bits per heavy atom. The Kier molecular flexibility index (Phi) is 3.34. The summed E-state index contributed by atoms with van der Waals surface area (Å²) in [5, 5.41) is 7.70. The van der Waals surface area contributed by atoms with E-state index in [1.165, 1.54) is 6.07 Å². The van der Waals surface area contributed by atoms with Crippen molar-refractivity contribution in [2.45, 2.75) is 0 Å². The fourth-order valence-electron chi connectivity index (χ4n) is 1.87. The SMILES string of the molecule is O=C(Nc1ccn2nccc2c1)c1cc(Cl)ccc1Cl. The molecule has 0 aliphatic heterocycles. The highest BCUT2D eigenvalue weighted by Gasteiger charge is 2.11. The first-order chi connectivity index (χ1) is 9.63. The second-order valence-electron chi connectivity index (χ2n) is 4.19. The fourth-order valence-corrected chi connectivity index (χ4v) is 2.24. The molecule has 2 aromatic heterocycles. The molecule has 0 aliphatic carbocycles. The van der Waals surface area contributed by atoms with Crippen molar-refractivity contribution in [2.24, 2.45) is 0 Å². The summed E-state index contributed by atoms with van der Waals surface area (Å²) in [5.41, 5.74) is 1.89. The molecule has 4 nitrogen and oxygen atoms in total. The molecule has 3 aromatic rings. The number of aromatic nitrogens is 2. The van der Waals surface area contributed by atoms with Gasteiger partial charge >= 0.3 is 0 Å². The Labute approximate surface area is 124 Å². The van der Waals surface area contributed by atoms with Crippen LogP contribution in [0.5, 0.6) is 0 Å². The van der Waals surface area contributed by atoms with Gasteiger partial charge in [0.25, 0.3) is 5.91 Å². The van der Waals surface area contributed by atoms with E-state index in [1.54, 1.807) is 35.1 Å². The van der Waals surface area contributed by atoms with Crippen molar-refractivity contribution >= 4 is 40.3 Å². The van der Waals surface area contributed by atoms with Gasteiger partial charge in [-0.15, -0.1) is 0 Å². The molecule has 1 N–H and O–H groups in total. The van der Waals surface area contributed by atoms with E-state index in [0.717, 1.165) is 5.52 Å². The predicted octanol–water partition coefficient (Wildman–Crippen LogP) is 3.89. The van der Waals surface area contributed by atoms with Crippen LogP contribution in [0.3, 0.4) is 0 Å². The van der Waals surface area contributed by atoms with Crippen molar-refractivity contribution in [1.82, 2.24) is 9.61 Å². The summed E-state index contributed by atoms with van der Waals surface area (Å²) in [6, 6.07) is 10.2. The smallest absolute Gasteiger partial charge is 0.257 e. The van der Waals surface area contributed by atoms with Crippen molar-refractivity contribution < 1.29 is 4.79 Å². The highest BCUT2D eigenvalue weighted by Crippen LogP contribution is 2.22. The molecule has 0 saturated heterocycles. The van der Waals surface area contributed by atoms with Crippen LogP contribution in [0.1, 0.15) is 10.4 Å². The lowest BCUT2D eigenvalue weighted by molar-refractivity contribution is 0.102. The third-order valence-corrected chi connectivity index (χ3v) is 3.40. The van der Waals surface area contributed by atoms with Crippen LogP contribution in [0.2, 0.25) is 10.0 Å². The van der Waals surface area contributed by atoms with Gasteiger partial charge in [0.1, 0.15) is 0 Å². The normalized spacial score (nSPS) is 10.7. The van der Waals surface area contributed by atoms with E-state index in [4.69, 9.17) is 23.2 Å².